The maximum atomic E-state index is 13.6. The lowest BCUT2D eigenvalue weighted by Gasteiger charge is -2.24. The van der Waals surface area contributed by atoms with E-state index in [9.17, 15) is 29.6 Å². The number of carbonyl (C=O) groups excluding carboxylic acids is 3. The summed E-state index contributed by atoms with van der Waals surface area (Å²) in [6.45, 7) is 4.91. The van der Waals surface area contributed by atoms with Crippen LogP contribution in [0.2, 0.25) is 0 Å². The zero-order valence-electron chi connectivity index (χ0n) is 18.9. The molecule has 1 aliphatic rings. The molecule has 0 aliphatic carbocycles. The van der Waals surface area contributed by atoms with Gasteiger partial charge in [0.05, 0.1) is 44.9 Å². The second kappa shape index (κ2) is 9.00. The zero-order chi connectivity index (χ0) is 25.6. The number of aliphatic hydroxyl groups is 1. The van der Waals surface area contributed by atoms with Crippen LogP contribution in [0.4, 0.5) is 10.8 Å². The number of hydrogen-bond acceptors (Lipinski definition) is 11. The zero-order valence-corrected chi connectivity index (χ0v) is 20.5. The number of aryl methyl sites for hydroxylation is 3. The number of anilines is 1. The number of amides is 1. The molecular weight excluding hydrogens is 496 g/mol. The summed E-state index contributed by atoms with van der Waals surface area (Å²) in [6, 6.07) is 4.20. The van der Waals surface area contributed by atoms with E-state index in [4.69, 9.17) is 4.74 Å². The van der Waals surface area contributed by atoms with Crippen molar-refractivity contribution in [3.05, 3.63) is 77.4 Å². The van der Waals surface area contributed by atoms with Gasteiger partial charge in [0.15, 0.2) is 10.9 Å². The molecule has 1 unspecified atom stereocenters. The maximum absolute atomic E-state index is 13.6. The first-order valence-corrected chi connectivity index (χ1v) is 11.7. The van der Waals surface area contributed by atoms with Crippen LogP contribution in [0.25, 0.3) is 0 Å². The molecule has 1 aromatic carbocycles. The van der Waals surface area contributed by atoms with Crippen LogP contribution >= 0.6 is 22.7 Å². The van der Waals surface area contributed by atoms with Crippen molar-refractivity contribution in [1.82, 2.24) is 9.97 Å². The quantitative estimate of drug-likeness (QED) is 0.222. The molecule has 2 aromatic heterocycles. The van der Waals surface area contributed by atoms with E-state index in [1.54, 1.807) is 20.8 Å². The Balaban J connectivity index is 1.92. The van der Waals surface area contributed by atoms with Crippen molar-refractivity contribution in [3.8, 4) is 0 Å². The Hall–Kier alpha value is -3.97. The van der Waals surface area contributed by atoms with Crippen molar-refractivity contribution in [2.45, 2.75) is 26.8 Å². The minimum atomic E-state index is -1.23. The van der Waals surface area contributed by atoms with Gasteiger partial charge < -0.3 is 9.84 Å². The number of thiazole rings is 2. The molecule has 0 saturated heterocycles. The van der Waals surface area contributed by atoms with Crippen molar-refractivity contribution in [3.63, 3.8) is 0 Å². The largest absolute Gasteiger partial charge is 0.503 e. The highest BCUT2D eigenvalue weighted by atomic mass is 32.1. The number of non-ortho nitro benzene ring substituents is 1. The van der Waals surface area contributed by atoms with Gasteiger partial charge in [0, 0.05) is 12.1 Å². The fourth-order valence-corrected chi connectivity index (χ4v) is 5.68. The predicted molar refractivity (Wildman–Crippen MR) is 127 cm³/mol. The van der Waals surface area contributed by atoms with Crippen molar-refractivity contribution < 1.29 is 29.2 Å². The molecule has 0 spiro atoms. The average Bonchev–Trinajstić information content (AvgIpc) is 3.45. The summed E-state index contributed by atoms with van der Waals surface area (Å²) in [4.78, 5) is 59.8. The standard InChI is InChI=1S/C22H18N4O7S2/c1-9-18(34-11(3)23-9)16(27)14-15(12-6-5-7-13(8-12)26(31)32)25(20(29)17(14)28)22-24-10(2)19(35-22)21(30)33-4/h5-8,15,28H,1-4H3. The molecule has 1 atom stereocenters. The number of Topliss-reactive ketones (excluding diaryl/α,β-unsaturated/α-hetero) is 1. The van der Waals surface area contributed by atoms with Crippen LogP contribution < -0.4 is 4.90 Å². The van der Waals surface area contributed by atoms with E-state index in [0.717, 1.165) is 27.6 Å². The molecule has 0 saturated carbocycles. The third-order valence-corrected chi connectivity index (χ3v) is 7.53. The van der Waals surface area contributed by atoms with Gasteiger partial charge in [-0.1, -0.05) is 23.5 Å². The minimum Gasteiger partial charge on any atom is -0.503 e. The molecule has 13 heteroatoms. The molecule has 35 heavy (non-hydrogen) atoms. The average molecular weight is 515 g/mol. The van der Waals surface area contributed by atoms with Crippen LogP contribution in [-0.4, -0.2) is 44.8 Å². The fraction of sp³-hybridized carbons (Fsp3) is 0.227. The normalized spacial score (nSPS) is 15.6. The number of ketones is 1. The number of benzene rings is 1. The number of nitro groups is 1. The molecule has 1 N–H and O–H groups in total. The molecule has 3 aromatic rings. The third-order valence-electron chi connectivity index (χ3n) is 5.32. The van der Waals surface area contributed by atoms with Gasteiger partial charge in [-0.25, -0.2) is 14.8 Å². The minimum absolute atomic E-state index is 0.0240. The fourth-order valence-electron chi connectivity index (χ4n) is 3.79. The second-order valence-corrected chi connectivity index (χ2v) is 9.75. The van der Waals surface area contributed by atoms with E-state index in [1.807, 2.05) is 0 Å². The number of hydrogen-bond donors (Lipinski definition) is 1. The molecule has 11 nitrogen and oxygen atoms in total. The lowest BCUT2D eigenvalue weighted by atomic mass is 9.95. The first kappa shape index (κ1) is 24.2. The Kier molecular flexibility index (Phi) is 6.21. The number of rotatable bonds is 6. The summed E-state index contributed by atoms with van der Waals surface area (Å²) < 4.78 is 4.76. The Morgan fingerprint density at radius 1 is 1.14 bits per heavy atom. The van der Waals surface area contributed by atoms with Gasteiger partial charge in [-0.2, -0.15) is 0 Å². The van der Waals surface area contributed by atoms with Crippen LogP contribution in [-0.2, 0) is 9.53 Å². The number of esters is 1. The Morgan fingerprint density at radius 3 is 2.43 bits per heavy atom. The predicted octanol–water partition coefficient (Wildman–Crippen LogP) is 4.00. The van der Waals surface area contributed by atoms with E-state index >= 15 is 0 Å². The molecule has 1 aliphatic heterocycles. The summed E-state index contributed by atoms with van der Waals surface area (Å²) in [5, 5.41) is 22.9. The van der Waals surface area contributed by atoms with E-state index < -0.39 is 34.4 Å². The second-order valence-electron chi connectivity index (χ2n) is 7.57. The van der Waals surface area contributed by atoms with Gasteiger partial charge >= 0.3 is 5.97 Å². The number of aromatic nitrogens is 2. The summed E-state index contributed by atoms with van der Waals surface area (Å²) in [5.74, 6) is -3.01. The third kappa shape index (κ3) is 4.08. The van der Waals surface area contributed by atoms with Gasteiger partial charge in [0.1, 0.15) is 4.88 Å². The van der Waals surface area contributed by atoms with Gasteiger partial charge in [-0.3, -0.25) is 24.6 Å². The highest BCUT2D eigenvalue weighted by Gasteiger charge is 2.47. The summed E-state index contributed by atoms with van der Waals surface area (Å²) in [6.07, 6.45) is 0. The van der Waals surface area contributed by atoms with E-state index in [-0.39, 0.29) is 37.4 Å². The molecule has 1 amide bonds. The first-order chi connectivity index (χ1) is 16.5. The molecule has 180 valence electrons. The van der Waals surface area contributed by atoms with Gasteiger partial charge in [0.25, 0.3) is 11.6 Å². The van der Waals surface area contributed by atoms with Gasteiger partial charge in [-0.05, 0) is 26.3 Å². The van der Waals surface area contributed by atoms with Crippen LogP contribution in [0.1, 0.15) is 47.3 Å². The van der Waals surface area contributed by atoms with Gasteiger partial charge in [-0.15, -0.1) is 11.3 Å². The topological polar surface area (TPSA) is 153 Å². The first-order valence-electron chi connectivity index (χ1n) is 10.1. The maximum Gasteiger partial charge on any atom is 0.350 e. The smallest absolute Gasteiger partial charge is 0.350 e. The number of ether oxygens (including phenoxy) is 1. The molecule has 0 radical (unpaired) electrons. The van der Waals surface area contributed by atoms with Crippen LogP contribution in [0.5, 0.6) is 0 Å². The van der Waals surface area contributed by atoms with Crippen LogP contribution in [0.15, 0.2) is 35.6 Å². The highest BCUT2D eigenvalue weighted by Crippen LogP contribution is 2.45. The monoisotopic (exact) mass is 514 g/mol. The molecule has 4 rings (SSSR count). The molecule has 0 fully saturated rings. The van der Waals surface area contributed by atoms with Crippen LogP contribution in [0.3, 0.4) is 0 Å². The van der Waals surface area contributed by atoms with Crippen molar-refractivity contribution >= 4 is 51.2 Å². The van der Waals surface area contributed by atoms with E-state index in [0.29, 0.717) is 10.7 Å². The Morgan fingerprint density at radius 2 is 1.83 bits per heavy atom. The number of methoxy groups -OCH3 is 1. The Labute approximate surface area is 206 Å². The Bertz CT molecular complexity index is 1440. The van der Waals surface area contributed by atoms with Crippen LogP contribution in [0, 0.1) is 30.9 Å². The van der Waals surface area contributed by atoms with Crippen molar-refractivity contribution in [1.29, 1.82) is 0 Å². The summed E-state index contributed by atoms with van der Waals surface area (Å²) in [5.41, 5.74) is 0.416. The number of nitrogens with zero attached hydrogens (tertiary/aromatic N) is 4. The van der Waals surface area contributed by atoms with Crippen molar-refractivity contribution in [2.75, 3.05) is 12.0 Å². The van der Waals surface area contributed by atoms with E-state index in [2.05, 4.69) is 9.97 Å². The van der Waals surface area contributed by atoms with E-state index in [1.165, 1.54) is 31.4 Å². The van der Waals surface area contributed by atoms with Crippen molar-refractivity contribution in [2.24, 2.45) is 0 Å². The SMILES string of the molecule is COC(=O)c1sc(N2C(=O)C(O)=C(C(=O)c3sc(C)nc3C)C2c2cccc([N+](=O)[O-])c2)nc1C. The summed E-state index contributed by atoms with van der Waals surface area (Å²) >= 11 is 1.96. The summed E-state index contributed by atoms with van der Waals surface area (Å²) in [7, 11) is 1.21. The molecule has 3 heterocycles. The number of aliphatic hydroxyl groups excluding tert-OH is 1. The number of carbonyl (C=O) groups is 3. The lowest BCUT2D eigenvalue weighted by molar-refractivity contribution is -0.384. The molecular formula is C22H18N4O7S2. The van der Waals surface area contributed by atoms with Gasteiger partial charge in [0.2, 0.25) is 5.78 Å². The number of nitro benzene ring substituents is 1. The molecule has 0 bridgehead atoms. The lowest BCUT2D eigenvalue weighted by Crippen LogP contribution is -2.31. The highest BCUT2D eigenvalue weighted by molar-refractivity contribution is 7.17.